The third kappa shape index (κ3) is 5.89. The molecule has 0 aliphatic rings. The molecule has 0 radical (unpaired) electrons. The number of hydrogen-bond donors (Lipinski definition) is 2. The van der Waals surface area contributed by atoms with E-state index in [1.54, 1.807) is 32.4 Å². The van der Waals surface area contributed by atoms with Crippen LogP contribution in [0.5, 0.6) is 17.2 Å². The maximum Gasteiger partial charge on any atom is 0.230 e. The molecule has 0 spiro atoms. The van der Waals surface area contributed by atoms with E-state index in [4.69, 9.17) is 14.2 Å². The SMILES string of the molecule is COc1cc(NC(=O)Cc2csc(-c3ccc(OC)c(OC)c3)n2)ccc1NS(C)(=O)=O. The van der Waals surface area contributed by atoms with Gasteiger partial charge in [0, 0.05) is 22.7 Å². The van der Waals surface area contributed by atoms with Crippen LogP contribution in [-0.4, -0.2) is 46.9 Å². The average molecular weight is 478 g/mol. The number of thiazole rings is 1. The number of sulfonamides is 1. The molecule has 0 aliphatic carbocycles. The predicted octanol–water partition coefficient (Wildman–Crippen LogP) is 3.39. The van der Waals surface area contributed by atoms with Gasteiger partial charge in [-0.2, -0.15) is 0 Å². The van der Waals surface area contributed by atoms with Gasteiger partial charge in [0.15, 0.2) is 11.5 Å². The van der Waals surface area contributed by atoms with Gasteiger partial charge in [-0.05, 0) is 30.3 Å². The minimum absolute atomic E-state index is 0.0788. The predicted molar refractivity (Wildman–Crippen MR) is 124 cm³/mol. The maximum atomic E-state index is 12.5. The first-order valence-corrected chi connectivity index (χ1v) is 12.1. The molecule has 9 nitrogen and oxygen atoms in total. The molecule has 170 valence electrons. The van der Waals surface area contributed by atoms with Crippen molar-refractivity contribution in [1.29, 1.82) is 0 Å². The van der Waals surface area contributed by atoms with Crippen LogP contribution in [0.25, 0.3) is 10.6 Å². The van der Waals surface area contributed by atoms with Crippen molar-refractivity contribution in [2.24, 2.45) is 0 Å². The Kier molecular flexibility index (Phi) is 7.21. The second-order valence-electron chi connectivity index (χ2n) is 6.73. The first-order valence-electron chi connectivity index (χ1n) is 9.35. The van der Waals surface area contributed by atoms with Gasteiger partial charge in [-0.1, -0.05) is 0 Å². The third-order valence-corrected chi connectivity index (χ3v) is 5.84. The van der Waals surface area contributed by atoms with Crippen LogP contribution in [0.3, 0.4) is 0 Å². The minimum Gasteiger partial charge on any atom is -0.494 e. The topological polar surface area (TPSA) is 116 Å². The van der Waals surface area contributed by atoms with Gasteiger partial charge in [-0.15, -0.1) is 11.3 Å². The smallest absolute Gasteiger partial charge is 0.230 e. The Morgan fingerprint density at radius 3 is 2.38 bits per heavy atom. The number of amides is 1. The molecule has 0 saturated heterocycles. The van der Waals surface area contributed by atoms with Gasteiger partial charge in [-0.3, -0.25) is 9.52 Å². The molecule has 11 heteroatoms. The van der Waals surface area contributed by atoms with Crippen molar-refractivity contribution in [2.75, 3.05) is 37.6 Å². The first-order chi connectivity index (χ1) is 15.2. The fraction of sp³-hybridized carbons (Fsp3) is 0.238. The monoisotopic (exact) mass is 477 g/mol. The van der Waals surface area contributed by atoms with Crippen LogP contribution in [0.15, 0.2) is 41.8 Å². The Morgan fingerprint density at radius 2 is 1.72 bits per heavy atom. The molecule has 0 fully saturated rings. The van der Waals surface area contributed by atoms with Crippen molar-refractivity contribution in [3.05, 3.63) is 47.5 Å². The molecule has 1 heterocycles. The summed E-state index contributed by atoms with van der Waals surface area (Å²) in [5.41, 5.74) is 2.24. The van der Waals surface area contributed by atoms with Gasteiger partial charge in [0.1, 0.15) is 10.8 Å². The van der Waals surface area contributed by atoms with Gasteiger partial charge in [0.05, 0.1) is 45.4 Å². The van der Waals surface area contributed by atoms with Gasteiger partial charge in [-0.25, -0.2) is 13.4 Å². The van der Waals surface area contributed by atoms with Gasteiger partial charge in [0.2, 0.25) is 15.9 Å². The van der Waals surface area contributed by atoms with E-state index in [1.165, 1.54) is 24.5 Å². The quantitative estimate of drug-likeness (QED) is 0.485. The number of carbonyl (C=O) groups is 1. The highest BCUT2D eigenvalue weighted by Gasteiger charge is 2.14. The summed E-state index contributed by atoms with van der Waals surface area (Å²) in [6.45, 7) is 0. The zero-order valence-electron chi connectivity index (χ0n) is 18.0. The number of benzene rings is 2. The Bertz CT molecular complexity index is 1220. The summed E-state index contributed by atoms with van der Waals surface area (Å²) < 4.78 is 41.1. The molecular formula is C21H23N3O6S2. The van der Waals surface area contributed by atoms with Crippen molar-refractivity contribution < 1.29 is 27.4 Å². The number of carbonyl (C=O) groups excluding carboxylic acids is 1. The number of anilines is 2. The molecule has 0 saturated carbocycles. The van der Waals surface area contributed by atoms with Crippen molar-refractivity contribution in [1.82, 2.24) is 4.98 Å². The highest BCUT2D eigenvalue weighted by Crippen LogP contribution is 2.34. The Labute approximate surface area is 190 Å². The van der Waals surface area contributed by atoms with Crippen molar-refractivity contribution >= 4 is 38.6 Å². The summed E-state index contributed by atoms with van der Waals surface area (Å²) in [6, 6.07) is 10.2. The number of methoxy groups -OCH3 is 3. The maximum absolute atomic E-state index is 12.5. The highest BCUT2D eigenvalue weighted by atomic mass is 32.2. The van der Waals surface area contributed by atoms with Crippen LogP contribution in [0.2, 0.25) is 0 Å². The van der Waals surface area contributed by atoms with E-state index in [0.29, 0.717) is 22.9 Å². The van der Waals surface area contributed by atoms with E-state index >= 15 is 0 Å². The standard InChI is InChI=1S/C21H23N3O6S2/c1-28-17-8-5-13(9-19(17)30-3)21-23-15(12-31-21)11-20(25)22-14-6-7-16(18(10-14)29-2)24-32(4,26)27/h5-10,12,24H,11H2,1-4H3,(H,22,25). The third-order valence-electron chi connectivity index (χ3n) is 4.30. The van der Waals surface area contributed by atoms with Crippen molar-refractivity contribution in [2.45, 2.75) is 6.42 Å². The lowest BCUT2D eigenvalue weighted by Crippen LogP contribution is -2.15. The van der Waals surface area contributed by atoms with Crippen LogP contribution in [0, 0.1) is 0 Å². The van der Waals surface area contributed by atoms with E-state index in [-0.39, 0.29) is 23.8 Å². The molecule has 1 amide bonds. The fourth-order valence-corrected chi connectivity index (χ4v) is 4.30. The molecular weight excluding hydrogens is 454 g/mol. The number of nitrogens with zero attached hydrogens (tertiary/aromatic N) is 1. The lowest BCUT2D eigenvalue weighted by molar-refractivity contribution is -0.115. The Balaban J connectivity index is 1.69. The molecule has 32 heavy (non-hydrogen) atoms. The van der Waals surface area contributed by atoms with Gasteiger partial charge >= 0.3 is 0 Å². The molecule has 3 rings (SSSR count). The van der Waals surface area contributed by atoms with E-state index in [9.17, 15) is 13.2 Å². The van der Waals surface area contributed by atoms with Crippen LogP contribution in [-0.2, 0) is 21.2 Å². The lowest BCUT2D eigenvalue weighted by atomic mass is 10.2. The van der Waals surface area contributed by atoms with E-state index in [1.807, 2.05) is 17.5 Å². The molecule has 2 aromatic carbocycles. The Morgan fingerprint density at radius 1 is 1.00 bits per heavy atom. The van der Waals surface area contributed by atoms with E-state index in [2.05, 4.69) is 15.0 Å². The van der Waals surface area contributed by atoms with Crippen LogP contribution < -0.4 is 24.2 Å². The summed E-state index contributed by atoms with van der Waals surface area (Å²) in [5.74, 6) is 1.25. The molecule has 0 aliphatic heterocycles. The summed E-state index contributed by atoms with van der Waals surface area (Å²) in [5, 5.41) is 5.35. The van der Waals surface area contributed by atoms with Crippen LogP contribution >= 0.6 is 11.3 Å². The average Bonchev–Trinajstić information content (AvgIpc) is 3.21. The largest absolute Gasteiger partial charge is 0.494 e. The number of rotatable bonds is 9. The van der Waals surface area contributed by atoms with Crippen LogP contribution in [0.4, 0.5) is 11.4 Å². The zero-order chi connectivity index (χ0) is 23.3. The highest BCUT2D eigenvalue weighted by molar-refractivity contribution is 7.92. The minimum atomic E-state index is -3.45. The lowest BCUT2D eigenvalue weighted by Gasteiger charge is -2.12. The second-order valence-corrected chi connectivity index (χ2v) is 9.33. The van der Waals surface area contributed by atoms with Gasteiger partial charge in [0.25, 0.3) is 0 Å². The Hall–Kier alpha value is -3.31. The van der Waals surface area contributed by atoms with Crippen molar-refractivity contribution in [3.63, 3.8) is 0 Å². The molecule has 2 N–H and O–H groups in total. The van der Waals surface area contributed by atoms with E-state index < -0.39 is 10.0 Å². The number of ether oxygens (including phenoxy) is 3. The van der Waals surface area contributed by atoms with Crippen LogP contribution in [0.1, 0.15) is 5.69 Å². The van der Waals surface area contributed by atoms with Gasteiger partial charge < -0.3 is 19.5 Å². The molecule has 0 unspecified atom stereocenters. The van der Waals surface area contributed by atoms with Crippen molar-refractivity contribution in [3.8, 4) is 27.8 Å². The zero-order valence-corrected chi connectivity index (χ0v) is 19.6. The summed E-state index contributed by atoms with van der Waals surface area (Å²) in [6.07, 6.45) is 1.13. The summed E-state index contributed by atoms with van der Waals surface area (Å²) >= 11 is 1.42. The molecule has 0 bridgehead atoms. The summed E-state index contributed by atoms with van der Waals surface area (Å²) in [7, 11) is 1.10. The van der Waals surface area contributed by atoms with E-state index in [0.717, 1.165) is 16.8 Å². The first kappa shape index (κ1) is 23.4. The number of hydrogen-bond acceptors (Lipinski definition) is 8. The molecule has 0 atom stereocenters. The molecule has 1 aromatic heterocycles. The summed E-state index contributed by atoms with van der Waals surface area (Å²) in [4.78, 5) is 17.0. The molecule has 3 aromatic rings. The fourth-order valence-electron chi connectivity index (χ4n) is 2.91. The number of aromatic nitrogens is 1. The number of nitrogens with one attached hydrogen (secondary N) is 2. The normalized spacial score (nSPS) is 11.0. The second kappa shape index (κ2) is 9.88.